The highest BCUT2D eigenvalue weighted by atomic mass is 16.5. The van der Waals surface area contributed by atoms with Crippen molar-refractivity contribution in [3.8, 4) is 0 Å². The van der Waals surface area contributed by atoms with Gasteiger partial charge in [0.1, 0.15) is 5.82 Å². The Balaban J connectivity index is 1.54. The zero-order chi connectivity index (χ0) is 16.1. The standard InChI is InChI=1S/C17H26N4O2/c1-2-13-10-17(21-16(20-13)8-9-19-21)18-11-14(22)12-23-15-6-4-3-5-7-15/h8-10,14-15,18,22H,2-7,11-12H2,1H3/t14-/m0/s1. The van der Waals surface area contributed by atoms with E-state index in [1.54, 1.807) is 10.7 Å². The van der Waals surface area contributed by atoms with Crippen molar-refractivity contribution in [2.24, 2.45) is 0 Å². The summed E-state index contributed by atoms with van der Waals surface area (Å²) in [6, 6.07) is 3.86. The van der Waals surface area contributed by atoms with E-state index in [2.05, 4.69) is 22.3 Å². The van der Waals surface area contributed by atoms with Crippen LogP contribution in [-0.4, -0.2) is 45.1 Å². The largest absolute Gasteiger partial charge is 0.389 e. The molecule has 126 valence electrons. The maximum Gasteiger partial charge on any atom is 0.157 e. The molecule has 6 nitrogen and oxygen atoms in total. The second-order valence-electron chi connectivity index (χ2n) is 6.22. The van der Waals surface area contributed by atoms with Gasteiger partial charge in [0.15, 0.2) is 5.65 Å². The van der Waals surface area contributed by atoms with Gasteiger partial charge in [-0.15, -0.1) is 0 Å². The highest BCUT2D eigenvalue weighted by Gasteiger charge is 2.16. The van der Waals surface area contributed by atoms with Crippen molar-refractivity contribution in [3.63, 3.8) is 0 Å². The number of ether oxygens (including phenoxy) is 1. The van der Waals surface area contributed by atoms with Crippen LogP contribution in [0.5, 0.6) is 0 Å². The number of nitrogens with zero attached hydrogens (tertiary/aromatic N) is 3. The van der Waals surface area contributed by atoms with Crippen molar-refractivity contribution in [3.05, 3.63) is 24.0 Å². The van der Waals surface area contributed by atoms with Crippen molar-refractivity contribution in [2.75, 3.05) is 18.5 Å². The van der Waals surface area contributed by atoms with Gasteiger partial charge in [0.05, 0.1) is 25.0 Å². The fourth-order valence-electron chi connectivity index (χ4n) is 3.03. The number of anilines is 1. The minimum atomic E-state index is -0.527. The number of fused-ring (bicyclic) bond motifs is 1. The molecular formula is C17H26N4O2. The van der Waals surface area contributed by atoms with Gasteiger partial charge in [-0.3, -0.25) is 0 Å². The van der Waals surface area contributed by atoms with E-state index >= 15 is 0 Å². The van der Waals surface area contributed by atoms with Gasteiger partial charge in [0, 0.05) is 24.4 Å². The van der Waals surface area contributed by atoms with Gasteiger partial charge in [-0.1, -0.05) is 26.2 Å². The Labute approximate surface area is 136 Å². The molecule has 0 radical (unpaired) electrons. The molecule has 0 amide bonds. The molecule has 1 aliphatic carbocycles. The van der Waals surface area contributed by atoms with Crippen molar-refractivity contribution in [1.82, 2.24) is 14.6 Å². The minimum absolute atomic E-state index is 0.323. The lowest BCUT2D eigenvalue weighted by Gasteiger charge is -2.23. The molecule has 6 heteroatoms. The summed E-state index contributed by atoms with van der Waals surface area (Å²) in [6.45, 7) is 2.90. The predicted octanol–water partition coefficient (Wildman–Crippen LogP) is 2.41. The molecule has 0 saturated heterocycles. The number of nitrogens with one attached hydrogen (secondary N) is 1. The summed E-state index contributed by atoms with van der Waals surface area (Å²) in [6.07, 6.45) is 8.44. The molecule has 23 heavy (non-hydrogen) atoms. The lowest BCUT2D eigenvalue weighted by atomic mass is 9.98. The molecule has 1 atom stereocenters. The monoisotopic (exact) mass is 318 g/mol. The van der Waals surface area contributed by atoms with Crippen LogP contribution in [0.15, 0.2) is 18.3 Å². The van der Waals surface area contributed by atoms with Gasteiger partial charge in [-0.25, -0.2) is 4.98 Å². The Bertz CT molecular complexity index is 622. The zero-order valence-electron chi connectivity index (χ0n) is 13.7. The second-order valence-corrected chi connectivity index (χ2v) is 6.22. The van der Waals surface area contributed by atoms with Crippen molar-refractivity contribution in [2.45, 2.75) is 57.7 Å². The topological polar surface area (TPSA) is 71.7 Å². The quantitative estimate of drug-likeness (QED) is 0.820. The average Bonchev–Trinajstić information content (AvgIpc) is 3.07. The Morgan fingerprint density at radius 1 is 1.39 bits per heavy atom. The fraction of sp³-hybridized carbons (Fsp3) is 0.647. The van der Waals surface area contributed by atoms with E-state index in [0.29, 0.717) is 19.3 Å². The van der Waals surface area contributed by atoms with Gasteiger partial charge in [0.25, 0.3) is 0 Å². The van der Waals surface area contributed by atoms with E-state index in [1.807, 2.05) is 12.1 Å². The number of hydrogen-bond acceptors (Lipinski definition) is 5. The van der Waals surface area contributed by atoms with E-state index in [9.17, 15) is 5.11 Å². The van der Waals surface area contributed by atoms with Crippen LogP contribution in [0.4, 0.5) is 5.82 Å². The van der Waals surface area contributed by atoms with E-state index < -0.39 is 6.10 Å². The third kappa shape index (κ3) is 4.20. The molecule has 0 unspecified atom stereocenters. The highest BCUT2D eigenvalue weighted by Crippen LogP contribution is 2.20. The second kappa shape index (κ2) is 7.75. The van der Waals surface area contributed by atoms with Gasteiger partial charge in [-0.2, -0.15) is 9.61 Å². The Hall–Kier alpha value is -1.66. The van der Waals surface area contributed by atoms with Gasteiger partial charge >= 0.3 is 0 Å². The van der Waals surface area contributed by atoms with Crippen LogP contribution in [0, 0.1) is 0 Å². The van der Waals surface area contributed by atoms with Crippen LogP contribution in [0.1, 0.15) is 44.7 Å². The number of hydrogen-bond donors (Lipinski definition) is 2. The summed E-state index contributed by atoms with van der Waals surface area (Å²) < 4.78 is 7.58. The lowest BCUT2D eigenvalue weighted by Crippen LogP contribution is -2.29. The molecule has 2 aromatic heterocycles. The van der Waals surface area contributed by atoms with E-state index in [1.165, 1.54) is 19.3 Å². The molecule has 1 saturated carbocycles. The normalized spacial score (nSPS) is 17.5. The predicted molar refractivity (Wildman–Crippen MR) is 89.7 cm³/mol. The third-order valence-corrected chi connectivity index (χ3v) is 4.37. The van der Waals surface area contributed by atoms with Crippen LogP contribution in [0.2, 0.25) is 0 Å². The Morgan fingerprint density at radius 3 is 3.00 bits per heavy atom. The molecule has 0 spiro atoms. The fourth-order valence-corrected chi connectivity index (χ4v) is 3.03. The first-order chi connectivity index (χ1) is 11.3. The first-order valence-electron chi connectivity index (χ1n) is 8.63. The van der Waals surface area contributed by atoms with Gasteiger partial charge in [-0.05, 0) is 19.3 Å². The van der Waals surface area contributed by atoms with E-state index in [0.717, 1.165) is 36.4 Å². The molecule has 1 aliphatic rings. The zero-order valence-corrected chi connectivity index (χ0v) is 13.7. The van der Waals surface area contributed by atoms with Crippen LogP contribution in [0.25, 0.3) is 5.65 Å². The lowest BCUT2D eigenvalue weighted by molar-refractivity contribution is -0.0195. The summed E-state index contributed by atoms with van der Waals surface area (Å²) in [5.74, 6) is 0.855. The van der Waals surface area contributed by atoms with Crippen LogP contribution in [-0.2, 0) is 11.2 Å². The smallest absolute Gasteiger partial charge is 0.157 e. The van der Waals surface area contributed by atoms with Gasteiger partial charge < -0.3 is 15.2 Å². The average molecular weight is 318 g/mol. The van der Waals surface area contributed by atoms with Gasteiger partial charge in [0.2, 0.25) is 0 Å². The molecule has 0 bridgehead atoms. The molecule has 2 heterocycles. The third-order valence-electron chi connectivity index (χ3n) is 4.37. The summed E-state index contributed by atoms with van der Waals surface area (Å²) in [4.78, 5) is 4.51. The number of aliphatic hydroxyl groups is 1. The number of aryl methyl sites for hydroxylation is 1. The molecule has 2 aromatic rings. The first-order valence-corrected chi connectivity index (χ1v) is 8.63. The molecule has 2 N–H and O–H groups in total. The molecular weight excluding hydrogens is 292 g/mol. The summed E-state index contributed by atoms with van der Waals surface area (Å²) >= 11 is 0. The van der Waals surface area contributed by atoms with Crippen molar-refractivity contribution >= 4 is 11.5 Å². The van der Waals surface area contributed by atoms with Crippen LogP contribution < -0.4 is 5.32 Å². The maximum absolute atomic E-state index is 10.2. The number of aromatic nitrogens is 3. The van der Waals surface area contributed by atoms with E-state index in [-0.39, 0.29) is 0 Å². The highest BCUT2D eigenvalue weighted by molar-refractivity contribution is 5.49. The number of aliphatic hydroxyl groups excluding tert-OH is 1. The van der Waals surface area contributed by atoms with Crippen molar-refractivity contribution in [1.29, 1.82) is 0 Å². The SMILES string of the molecule is CCc1cc(NC[C@H](O)COC2CCCCC2)n2nccc2n1. The first kappa shape index (κ1) is 16.2. The molecule has 1 fully saturated rings. The Morgan fingerprint density at radius 2 is 2.22 bits per heavy atom. The number of rotatable bonds is 7. The summed E-state index contributed by atoms with van der Waals surface area (Å²) in [5, 5.41) is 17.7. The molecule has 0 aliphatic heterocycles. The summed E-state index contributed by atoms with van der Waals surface area (Å²) in [7, 11) is 0. The van der Waals surface area contributed by atoms with Crippen molar-refractivity contribution < 1.29 is 9.84 Å². The minimum Gasteiger partial charge on any atom is -0.389 e. The maximum atomic E-state index is 10.2. The Kier molecular flexibility index (Phi) is 5.46. The van der Waals surface area contributed by atoms with Crippen LogP contribution >= 0.6 is 0 Å². The summed E-state index contributed by atoms with van der Waals surface area (Å²) in [5.41, 5.74) is 1.83. The molecule has 3 rings (SSSR count). The van der Waals surface area contributed by atoms with Crippen LogP contribution in [0.3, 0.4) is 0 Å². The van der Waals surface area contributed by atoms with E-state index in [4.69, 9.17) is 4.74 Å². The molecule has 0 aromatic carbocycles.